The van der Waals surface area contributed by atoms with Gasteiger partial charge in [-0.25, -0.2) is 0 Å². The molecule has 27 heavy (non-hydrogen) atoms. The molecule has 0 saturated carbocycles. The summed E-state index contributed by atoms with van der Waals surface area (Å²) in [5, 5.41) is 6.65. The SMILES string of the molecule is CN=C(NCCc1cccc(C(=O)N(C)C)c1)NCCc1ccc(Br)s1.I. The molecule has 0 aliphatic heterocycles. The van der Waals surface area contributed by atoms with Gasteiger partial charge in [0, 0.05) is 44.7 Å². The van der Waals surface area contributed by atoms with E-state index in [1.165, 1.54) is 4.88 Å². The van der Waals surface area contributed by atoms with E-state index in [4.69, 9.17) is 0 Å². The van der Waals surface area contributed by atoms with E-state index in [1.807, 2.05) is 24.3 Å². The summed E-state index contributed by atoms with van der Waals surface area (Å²) >= 11 is 5.24. The van der Waals surface area contributed by atoms with Crippen molar-refractivity contribution in [3.05, 3.63) is 56.2 Å². The van der Waals surface area contributed by atoms with Gasteiger partial charge in [0.15, 0.2) is 5.96 Å². The van der Waals surface area contributed by atoms with Gasteiger partial charge in [-0.1, -0.05) is 12.1 Å². The summed E-state index contributed by atoms with van der Waals surface area (Å²) in [6, 6.07) is 12.0. The smallest absolute Gasteiger partial charge is 0.253 e. The van der Waals surface area contributed by atoms with Gasteiger partial charge in [-0.05, 0) is 58.6 Å². The number of hydrogen-bond donors (Lipinski definition) is 2. The fourth-order valence-electron chi connectivity index (χ4n) is 2.45. The third-order valence-electron chi connectivity index (χ3n) is 3.80. The van der Waals surface area contributed by atoms with Crippen LogP contribution in [0.25, 0.3) is 0 Å². The van der Waals surface area contributed by atoms with E-state index in [-0.39, 0.29) is 29.9 Å². The first-order chi connectivity index (χ1) is 12.5. The first kappa shape index (κ1) is 23.9. The molecule has 0 aliphatic rings. The van der Waals surface area contributed by atoms with Gasteiger partial charge in [0.1, 0.15) is 0 Å². The lowest BCUT2D eigenvalue weighted by Gasteiger charge is -2.13. The highest BCUT2D eigenvalue weighted by atomic mass is 127. The molecule has 8 heteroatoms. The molecule has 1 heterocycles. The molecule has 5 nitrogen and oxygen atoms in total. The maximum atomic E-state index is 12.0. The van der Waals surface area contributed by atoms with Crippen molar-refractivity contribution in [1.29, 1.82) is 0 Å². The summed E-state index contributed by atoms with van der Waals surface area (Å²) in [5.74, 6) is 0.818. The average Bonchev–Trinajstić information content (AvgIpc) is 3.05. The summed E-state index contributed by atoms with van der Waals surface area (Å²) in [6.45, 7) is 1.59. The van der Waals surface area contributed by atoms with Crippen LogP contribution in [0.5, 0.6) is 0 Å². The summed E-state index contributed by atoms with van der Waals surface area (Å²) in [6.07, 6.45) is 1.79. The van der Waals surface area contributed by atoms with E-state index >= 15 is 0 Å². The fourth-order valence-corrected chi connectivity index (χ4v) is 3.94. The van der Waals surface area contributed by atoms with Crippen molar-refractivity contribution in [2.45, 2.75) is 12.8 Å². The van der Waals surface area contributed by atoms with E-state index in [9.17, 15) is 4.79 Å². The molecule has 0 radical (unpaired) electrons. The van der Waals surface area contributed by atoms with Crippen LogP contribution in [-0.2, 0) is 12.8 Å². The number of hydrogen-bond acceptors (Lipinski definition) is 3. The number of thiophene rings is 1. The lowest BCUT2D eigenvalue weighted by atomic mass is 10.1. The Morgan fingerprint density at radius 1 is 1.15 bits per heavy atom. The van der Waals surface area contributed by atoms with Crippen molar-refractivity contribution in [2.24, 2.45) is 4.99 Å². The monoisotopic (exact) mass is 564 g/mol. The van der Waals surface area contributed by atoms with Crippen molar-refractivity contribution in [1.82, 2.24) is 15.5 Å². The zero-order valence-electron chi connectivity index (χ0n) is 15.8. The Labute approximate surface area is 190 Å². The quantitative estimate of drug-likeness (QED) is 0.306. The zero-order chi connectivity index (χ0) is 18.9. The Hall–Kier alpha value is -1.13. The molecule has 1 amide bonds. The normalized spacial score (nSPS) is 10.9. The van der Waals surface area contributed by atoms with Crippen LogP contribution in [-0.4, -0.2) is 51.0 Å². The van der Waals surface area contributed by atoms with E-state index in [2.05, 4.69) is 43.7 Å². The van der Waals surface area contributed by atoms with Crippen molar-refractivity contribution < 1.29 is 4.79 Å². The van der Waals surface area contributed by atoms with Crippen LogP contribution in [0.15, 0.2) is 45.2 Å². The predicted molar refractivity (Wildman–Crippen MR) is 129 cm³/mol. The predicted octanol–water partition coefficient (Wildman–Crippen LogP) is 3.78. The fraction of sp³-hybridized carbons (Fsp3) is 0.368. The van der Waals surface area contributed by atoms with Crippen molar-refractivity contribution >= 4 is 63.1 Å². The Morgan fingerprint density at radius 3 is 2.44 bits per heavy atom. The van der Waals surface area contributed by atoms with Gasteiger partial charge in [0.25, 0.3) is 5.91 Å². The highest BCUT2D eigenvalue weighted by Crippen LogP contribution is 2.22. The first-order valence-electron chi connectivity index (χ1n) is 8.49. The number of rotatable bonds is 7. The van der Waals surface area contributed by atoms with E-state index in [0.717, 1.165) is 46.8 Å². The van der Waals surface area contributed by atoms with Crippen LogP contribution >= 0.6 is 51.2 Å². The van der Waals surface area contributed by atoms with Gasteiger partial charge < -0.3 is 15.5 Å². The second-order valence-corrected chi connectivity index (χ2v) is 8.58. The molecule has 1 aromatic heterocycles. The number of aliphatic imine (C=N–C) groups is 1. The molecule has 0 aliphatic carbocycles. The number of amides is 1. The molecule has 0 bridgehead atoms. The average molecular weight is 565 g/mol. The third kappa shape index (κ3) is 8.18. The van der Waals surface area contributed by atoms with Crippen molar-refractivity contribution in [2.75, 3.05) is 34.2 Å². The van der Waals surface area contributed by atoms with Crippen LogP contribution in [0.3, 0.4) is 0 Å². The van der Waals surface area contributed by atoms with Gasteiger partial charge in [-0.2, -0.15) is 0 Å². The molecule has 0 unspecified atom stereocenters. The standard InChI is InChI=1S/C19H25BrN4OS.HI/c1-21-19(23-12-10-16-7-8-17(20)26-16)22-11-9-14-5-4-6-15(13-14)18(25)24(2)3;/h4-8,13H,9-12H2,1-3H3,(H2,21,22,23);1H. The Morgan fingerprint density at radius 2 is 1.85 bits per heavy atom. The van der Waals surface area contributed by atoms with E-state index in [1.54, 1.807) is 37.4 Å². The molecule has 0 fully saturated rings. The minimum atomic E-state index is 0. The zero-order valence-corrected chi connectivity index (χ0v) is 20.5. The minimum Gasteiger partial charge on any atom is -0.356 e. The summed E-state index contributed by atoms with van der Waals surface area (Å²) in [7, 11) is 5.30. The molecular weight excluding hydrogens is 539 g/mol. The molecular formula is C19H26BrIN4OS. The molecule has 1 aromatic carbocycles. The van der Waals surface area contributed by atoms with Gasteiger partial charge >= 0.3 is 0 Å². The highest BCUT2D eigenvalue weighted by Gasteiger charge is 2.08. The van der Waals surface area contributed by atoms with Gasteiger partial charge in [-0.3, -0.25) is 9.79 Å². The lowest BCUT2D eigenvalue weighted by molar-refractivity contribution is 0.0827. The second kappa shape index (κ2) is 12.4. The largest absolute Gasteiger partial charge is 0.356 e. The van der Waals surface area contributed by atoms with Crippen LogP contribution in [0, 0.1) is 0 Å². The summed E-state index contributed by atoms with van der Waals surface area (Å²) in [5.41, 5.74) is 1.85. The Bertz CT molecular complexity index is 764. The van der Waals surface area contributed by atoms with Crippen LogP contribution in [0.1, 0.15) is 20.8 Å². The molecule has 0 atom stereocenters. The van der Waals surface area contributed by atoms with E-state index < -0.39 is 0 Å². The third-order valence-corrected chi connectivity index (χ3v) is 5.49. The maximum absolute atomic E-state index is 12.0. The Balaban J connectivity index is 0.00000364. The van der Waals surface area contributed by atoms with E-state index in [0.29, 0.717) is 0 Å². The second-order valence-electron chi connectivity index (χ2n) is 6.03. The molecule has 0 saturated heterocycles. The minimum absolute atomic E-state index is 0. The molecule has 2 aromatic rings. The topological polar surface area (TPSA) is 56.7 Å². The number of nitrogens with one attached hydrogen (secondary N) is 2. The number of carbonyl (C=O) groups excluding carboxylic acids is 1. The molecule has 2 rings (SSSR count). The summed E-state index contributed by atoms with van der Waals surface area (Å²) in [4.78, 5) is 19.2. The highest BCUT2D eigenvalue weighted by molar-refractivity contribution is 14.0. The van der Waals surface area contributed by atoms with Crippen LogP contribution in [0.2, 0.25) is 0 Å². The number of benzene rings is 1. The number of guanidine groups is 1. The summed E-state index contributed by atoms with van der Waals surface area (Å²) < 4.78 is 1.16. The van der Waals surface area contributed by atoms with Gasteiger partial charge in [-0.15, -0.1) is 35.3 Å². The maximum Gasteiger partial charge on any atom is 0.253 e. The van der Waals surface area contributed by atoms with Gasteiger partial charge in [0.2, 0.25) is 0 Å². The molecule has 2 N–H and O–H groups in total. The number of carbonyl (C=O) groups is 1. The van der Waals surface area contributed by atoms with Crippen molar-refractivity contribution in [3.8, 4) is 0 Å². The number of nitrogens with zero attached hydrogens (tertiary/aromatic N) is 2. The first-order valence-corrected chi connectivity index (χ1v) is 10.1. The molecule has 0 spiro atoms. The number of halogens is 2. The molecule has 148 valence electrons. The van der Waals surface area contributed by atoms with Crippen LogP contribution < -0.4 is 10.6 Å². The Kier molecular flexibility index (Phi) is 10.9. The lowest BCUT2D eigenvalue weighted by Crippen LogP contribution is -2.39. The van der Waals surface area contributed by atoms with Gasteiger partial charge in [0.05, 0.1) is 3.79 Å². The van der Waals surface area contributed by atoms with Crippen molar-refractivity contribution in [3.63, 3.8) is 0 Å². The van der Waals surface area contributed by atoms with Crippen LogP contribution in [0.4, 0.5) is 0 Å².